The number of carbonyl (C=O) groups is 1. The van der Waals surface area contributed by atoms with Crippen molar-refractivity contribution in [1.29, 1.82) is 0 Å². The monoisotopic (exact) mass is 369 g/mol. The number of H-pyrrole nitrogens is 1. The molecule has 0 spiro atoms. The molecule has 5 heteroatoms. The van der Waals surface area contributed by atoms with Crippen molar-refractivity contribution in [2.24, 2.45) is 0 Å². The fourth-order valence-electron chi connectivity index (χ4n) is 2.27. The van der Waals surface area contributed by atoms with Gasteiger partial charge < -0.3 is 5.32 Å². The highest BCUT2D eigenvalue weighted by molar-refractivity contribution is 9.10. The summed E-state index contributed by atoms with van der Waals surface area (Å²) in [5.41, 5.74) is 5.12. The largest absolute Gasteiger partial charge is 0.320 e. The second kappa shape index (κ2) is 6.38. The number of rotatable bonds is 3. The van der Waals surface area contributed by atoms with Gasteiger partial charge in [0.1, 0.15) is 5.69 Å². The first-order chi connectivity index (χ1) is 11.0. The molecule has 1 heterocycles. The van der Waals surface area contributed by atoms with Gasteiger partial charge in [-0.3, -0.25) is 9.89 Å². The molecular weight excluding hydrogens is 354 g/mol. The Labute approximate surface area is 143 Å². The molecule has 0 fully saturated rings. The normalized spacial score (nSPS) is 10.6. The molecule has 0 unspecified atom stereocenters. The van der Waals surface area contributed by atoms with E-state index < -0.39 is 0 Å². The molecular formula is C18H16BrN3O. The number of aromatic nitrogens is 2. The van der Waals surface area contributed by atoms with E-state index in [-0.39, 0.29) is 5.91 Å². The standard InChI is InChI=1S/C18H16BrN3O/c1-11-3-5-13(6-4-11)16-10-17(22-21-16)18(23)20-15-8-7-14(19)9-12(15)2/h3-10H,1-2H3,(H,20,23)(H,21,22). The minimum absolute atomic E-state index is 0.207. The van der Waals surface area contributed by atoms with Crippen molar-refractivity contribution in [2.75, 3.05) is 5.32 Å². The number of aryl methyl sites for hydroxylation is 2. The van der Waals surface area contributed by atoms with E-state index in [1.807, 2.05) is 56.3 Å². The van der Waals surface area contributed by atoms with E-state index in [1.165, 1.54) is 5.56 Å². The summed E-state index contributed by atoms with van der Waals surface area (Å²) in [4.78, 5) is 12.4. The lowest BCUT2D eigenvalue weighted by molar-refractivity contribution is 0.102. The summed E-state index contributed by atoms with van der Waals surface area (Å²) in [5.74, 6) is -0.207. The van der Waals surface area contributed by atoms with Crippen molar-refractivity contribution in [3.05, 3.63) is 69.8 Å². The zero-order valence-corrected chi connectivity index (χ0v) is 14.4. The summed E-state index contributed by atoms with van der Waals surface area (Å²) >= 11 is 3.41. The van der Waals surface area contributed by atoms with Gasteiger partial charge in [0.05, 0.1) is 5.69 Å². The third kappa shape index (κ3) is 3.51. The maximum absolute atomic E-state index is 12.4. The highest BCUT2D eigenvalue weighted by Crippen LogP contribution is 2.22. The Hall–Kier alpha value is -2.40. The molecule has 0 saturated carbocycles. The second-order valence-corrected chi connectivity index (χ2v) is 6.36. The fraction of sp³-hybridized carbons (Fsp3) is 0.111. The Bertz CT molecular complexity index is 853. The molecule has 23 heavy (non-hydrogen) atoms. The van der Waals surface area contributed by atoms with Crippen LogP contribution in [0, 0.1) is 13.8 Å². The van der Waals surface area contributed by atoms with Crippen LogP contribution in [0.1, 0.15) is 21.6 Å². The minimum Gasteiger partial charge on any atom is -0.320 e. The third-order valence-corrected chi connectivity index (χ3v) is 4.10. The van der Waals surface area contributed by atoms with Crippen LogP contribution in [-0.2, 0) is 0 Å². The van der Waals surface area contributed by atoms with Gasteiger partial charge >= 0.3 is 0 Å². The Balaban J connectivity index is 1.79. The van der Waals surface area contributed by atoms with E-state index >= 15 is 0 Å². The molecule has 0 aliphatic carbocycles. The summed E-state index contributed by atoms with van der Waals surface area (Å²) in [7, 11) is 0. The number of halogens is 1. The van der Waals surface area contributed by atoms with Gasteiger partial charge in [0.2, 0.25) is 0 Å². The highest BCUT2D eigenvalue weighted by Gasteiger charge is 2.12. The van der Waals surface area contributed by atoms with Gasteiger partial charge in [0, 0.05) is 15.7 Å². The minimum atomic E-state index is -0.207. The molecule has 0 aliphatic heterocycles. The molecule has 0 aliphatic rings. The van der Waals surface area contributed by atoms with Crippen molar-refractivity contribution in [3.63, 3.8) is 0 Å². The predicted octanol–water partition coefficient (Wildman–Crippen LogP) is 4.71. The lowest BCUT2D eigenvalue weighted by Gasteiger charge is -2.07. The molecule has 0 radical (unpaired) electrons. The molecule has 1 amide bonds. The molecule has 0 atom stereocenters. The third-order valence-electron chi connectivity index (χ3n) is 3.61. The highest BCUT2D eigenvalue weighted by atomic mass is 79.9. The van der Waals surface area contributed by atoms with Crippen molar-refractivity contribution in [1.82, 2.24) is 10.2 Å². The number of hydrogen-bond donors (Lipinski definition) is 2. The van der Waals surface area contributed by atoms with Crippen molar-refractivity contribution < 1.29 is 4.79 Å². The number of carbonyl (C=O) groups excluding carboxylic acids is 1. The lowest BCUT2D eigenvalue weighted by Crippen LogP contribution is -2.13. The number of aromatic amines is 1. The maximum Gasteiger partial charge on any atom is 0.273 e. The van der Waals surface area contributed by atoms with E-state index in [2.05, 4.69) is 31.4 Å². The van der Waals surface area contributed by atoms with Gasteiger partial charge in [-0.05, 0) is 43.7 Å². The SMILES string of the molecule is Cc1ccc(-c2cc(C(=O)Nc3ccc(Br)cc3C)[nH]n2)cc1. The molecule has 116 valence electrons. The first-order valence-electron chi connectivity index (χ1n) is 7.23. The molecule has 0 saturated heterocycles. The smallest absolute Gasteiger partial charge is 0.273 e. The predicted molar refractivity (Wildman–Crippen MR) is 95.6 cm³/mol. The summed E-state index contributed by atoms with van der Waals surface area (Å²) in [6.07, 6.45) is 0. The fourth-order valence-corrected chi connectivity index (χ4v) is 2.74. The quantitative estimate of drug-likeness (QED) is 0.702. The Morgan fingerprint density at radius 2 is 1.83 bits per heavy atom. The number of hydrogen-bond acceptors (Lipinski definition) is 2. The van der Waals surface area contributed by atoms with Crippen LogP contribution in [-0.4, -0.2) is 16.1 Å². The number of benzene rings is 2. The Morgan fingerprint density at radius 1 is 1.09 bits per heavy atom. The van der Waals surface area contributed by atoms with Crippen LogP contribution in [0.25, 0.3) is 11.3 Å². The molecule has 4 nitrogen and oxygen atoms in total. The van der Waals surface area contributed by atoms with Crippen LogP contribution in [0.3, 0.4) is 0 Å². The van der Waals surface area contributed by atoms with Crippen molar-refractivity contribution >= 4 is 27.5 Å². The van der Waals surface area contributed by atoms with E-state index in [4.69, 9.17) is 0 Å². The summed E-state index contributed by atoms with van der Waals surface area (Å²) in [5, 5.41) is 9.92. The van der Waals surface area contributed by atoms with Crippen LogP contribution >= 0.6 is 15.9 Å². The lowest BCUT2D eigenvalue weighted by atomic mass is 10.1. The second-order valence-electron chi connectivity index (χ2n) is 5.45. The molecule has 2 N–H and O–H groups in total. The van der Waals surface area contributed by atoms with Gasteiger partial charge in [-0.15, -0.1) is 0 Å². The van der Waals surface area contributed by atoms with Crippen molar-refractivity contribution in [2.45, 2.75) is 13.8 Å². The maximum atomic E-state index is 12.4. The summed E-state index contributed by atoms with van der Waals surface area (Å²) < 4.78 is 0.983. The van der Waals surface area contributed by atoms with Gasteiger partial charge in [0.15, 0.2) is 0 Å². The van der Waals surface area contributed by atoms with E-state index in [0.717, 1.165) is 27.0 Å². The van der Waals surface area contributed by atoms with Crippen molar-refractivity contribution in [3.8, 4) is 11.3 Å². The number of nitrogens with one attached hydrogen (secondary N) is 2. The molecule has 3 rings (SSSR count). The Kier molecular flexibility index (Phi) is 4.30. The van der Waals surface area contributed by atoms with Crippen LogP contribution in [0.2, 0.25) is 0 Å². The van der Waals surface area contributed by atoms with Crippen LogP contribution < -0.4 is 5.32 Å². The van der Waals surface area contributed by atoms with Gasteiger partial charge in [-0.2, -0.15) is 5.10 Å². The average molecular weight is 370 g/mol. The summed E-state index contributed by atoms with van der Waals surface area (Å²) in [6, 6.07) is 15.5. The first-order valence-corrected chi connectivity index (χ1v) is 8.02. The first kappa shape index (κ1) is 15.5. The molecule has 1 aromatic heterocycles. The van der Waals surface area contributed by atoms with Crippen LogP contribution in [0.4, 0.5) is 5.69 Å². The molecule has 3 aromatic rings. The van der Waals surface area contributed by atoms with Crippen LogP contribution in [0.15, 0.2) is 53.0 Å². The number of nitrogens with zero attached hydrogens (tertiary/aromatic N) is 1. The van der Waals surface area contributed by atoms with Gasteiger partial charge in [-0.1, -0.05) is 45.8 Å². The zero-order chi connectivity index (χ0) is 16.4. The average Bonchev–Trinajstić information content (AvgIpc) is 3.01. The number of anilines is 1. The zero-order valence-electron chi connectivity index (χ0n) is 12.9. The number of amides is 1. The van der Waals surface area contributed by atoms with Gasteiger partial charge in [0.25, 0.3) is 5.91 Å². The molecule has 0 bridgehead atoms. The van der Waals surface area contributed by atoms with Gasteiger partial charge in [-0.25, -0.2) is 0 Å². The topological polar surface area (TPSA) is 57.8 Å². The Morgan fingerprint density at radius 3 is 2.52 bits per heavy atom. The van der Waals surface area contributed by atoms with E-state index in [1.54, 1.807) is 6.07 Å². The van der Waals surface area contributed by atoms with E-state index in [0.29, 0.717) is 5.69 Å². The summed E-state index contributed by atoms with van der Waals surface area (Å²) in [6.45, 7) is 3.98. The van der Waals surface area contributed by atoms with Crippen LogP contribution in [0.5, 0.6) is 0 Å². The molecule has 2 aromatic carbocycles. The van der Waals surface area contributed by atoms with E-state index in [9.17, 15) is 4.79 Å².